The van der Waals surface area contributed by atoms with E-state index < -0.39 is 6.04 Å². The molecule has 29 heavy (non-hydrogen) atoms. The molecule has 2 aromatic rings. The molecule has 2 atom stereocenters. The Morgan fingerprint density at radius 1 is 1.24 bits per heavy atom. The second-order valence-corrected chi connectivity index (χ2v) is 7.85. The fourth-order valence-corrected chi connectivity index (χ4v) is 3.80. The molecule has 0 saturated carbocycles. The molecule has 3 rings (SSSR count). The molecule has 1 aliphatic rings. The average molecular weight is 415 g/mol. The van der Waals surface area contributed by atoms with E-state index >= 15 is 0 Å². The molecule has 0 saturated heterocycles. The second-order valence-electron chi connectivity index (χ2n) is 7.41. The van der Waals surface area contributed by atoms with E-state index in [4.69, 9.17) is 16.3 Å². The summed E-state index contributed by atoms with van der Waals surface area (Å²) in [5.41, 5.74) is 2.33. The van der Waals surface area contributed by atoms with Gasteiger partial charge in [0.1, 0.15) is 11.8 Å². The van der Waals surface area contributed by atoms with Gasteiger partial charge in [-0.05, 0) is 47.7 Å². The summed E-state index contributed by atoms with van der Waals surface area (Å²) in [6, 6.07) is 12.3. The Hall–Kier alpha value is -2.53. The number of hydrogen-bond donors (Lipinski definition) is 1. The maximum Gasteiger partial charge on any atom is 0.255 e. The van der Waals surface area contributed by atoms with E-state index in [0.717, 1.165) is 24.0 Å². The molecule has 0 radical (unpaired) electrons. The van der Waals surface area contributed by atoms with Gasteiger partial charge in [0.15, 0.2) is 0 Å². The van der Waals surface area contributed by atoms with Crippen LogP contribution < -0.4 is 10.1 Å². The van der Waals surface area contributed by atoms with E-state index in [-0.39, 0.29) is 17.7 Å². The van der Waals surface area contributed by atoms with Gasteiger partial charge in [-0.3, -0.25) is 9.59 Å². The number of benzene rings is 2. The van der Waals surface area contributed by atoms with E-state index in [2.05, 4.69) is 12.2 Å². The number of hydrogen-bond acceptors (Lipinski definition) is 3. The van der Waals surface area contributed by atoms with Crippen LogP contribution in [0.2, 0.25) is 5.02 Å². The van der Waals surface area contributed by atoms with Crippen molar-refractivity contribution in [3.05, 3.63) is 64.2 Å². The summed E-state index contributed by atoms with van der Waals surface area (Å²) in [6.45, 7) is 5.16. The number of rotatable bonds is 8. The summed E-state index contributed by atoms with van der Waals surface area (Å²) in [7, 11) is 1.57. The second kappa shape index (κ2) is 9.31. The topological polar surface area (TPSA) is 58.6 Å². The van der Waals surface area contributed by atoms with Crippen molar-refractivity contribution in [1.82, 2.24) is 10.2 Å². The van der Waals surface area contributed by atoms with Crippen LogP contribution in [-0.2, 0) is 4.79 Å². The van der Waals surface area contributed by atoms with Gasteiger partial charge in [0.2, 0.25) is 5.91 Å². The molecule has 5 nitrogen and oxygen atoms in total. The highest BCUT2D eigenvalue weighted by molar-refractivity contribution is 6.30. The standard InChI is InChI=1S/C23H27ClN2O3/c1-4-5-12-25-22(27)21-19-11-10-18(29-3)13-20(19)23(28)26(21)14-15(2)16-6-8-17(24)9-7-16/h6-11,13,15,21H,4-5,12,14H2,1-3H3,(H,25,27). The van der Waals surface area contributed by atoms with E-state index in [1.54, 1.807) is 24.1 Å². The van der Waals surface area contributed by atoms with Crippen molar-refractivity contribution in [2.24, 2.45) is 0 Å². The highest BCUT2D eigenvalue weighted by atomic mass is 35.5. The molecule has 0 aliphatic carbocycles. The molecule has 154 valence electrons. The predicted octanol–water partition coefficient (Wildman–Crippen LogP) is 4.57. The lowest BCUT2D eigenvalue weighted by atomic mass is 9.99. The minimum absolute atomic E-state index is 0.0540. The molecule has 0 spiro atoms. The van der Waals surface area contributed by atoms with E-state index in [0.29, 0.717) is 29.4 Å². The van der Waals surface area contributed by atoms with Crippen molar-refractivity contribution >= 4 is 23.4 Å². The summed E-state index contributed by atoms with van der Waals surface area (Å²) >= 11 is 6.00. The third kappa shape index (κ3) is 4.56. The molecule has 6 heteroatoms. The number of nitrogens with one attached hydrogen (secondary N) is 1. The molecule has 0 bridgehead atoms. The molecule has 2 unspecified atom stereocenters. The first-order chi connectivity index (χ1) is 14.0. The van der Waals surface area contributed by atoms with E-state index in [1.165, 1.54) is 0 Å². The van der Waals surface area contributed by atoms with Gasteiger partial charge in [-0.1, -0.05) is 50.1 Å². The minimum atomic E-state index is -0.630. The maximum atomic E-state index is 13.2. The van der Waals surface area contributed by atoms with Crippen LogP contribution in [0.1, 0.15) is 60.1 Å². The van der Waals surface area contributed by atoms with Gasteiger partial charge < -0.3 is 15.0 Å². The Morgan fingerprint density at radius 2 is 1.97 bits per heavy atom. The van der Waals surface area contributed by atoms with Crippen LogP contribution in [0.5, 0.6) is 5.75 Å². The highest BCUT2D eigenvalue weighted by Crippen LogP contribution is 2.37. The van der Waals surface area contributed by atoms with Crippen molar-refractivity contribution in [3.8, 4) is 5.75 Å². The fourth-order valence-electron chi connectivity index (χ4n) is 3.67. The van der Waals surface area contributed by atoms with Crippen molar-refractivity contribution in [2.45, 2.75) is 38.6 Å². The summed E-state index contributed by atoms with van der Waals surface area (Å²) in [4.78, 5) is 27.9. The summed E-state index contributed by atoms with van der Waals surface area (Å²) in [5, 5.41) is 3.66. The van der Waals surface area contributed by atoms with Gasteiger partial charge in [-0.15, -0.1) is 0 Å². The lowest BCUT2D eigenvalue weighted by molar-refractivity contribution is -0.125. The predicted molar refractivity (Wildman–Crippen MR) is 115 cm³/mol. The number of carbonyl (C=O) groups is 2. The van der Waals surface area contributed by atoms with E-state index in [9.17, 15) is 9.59 Å². The quantitative estimate of drug-likeness (QED) is 0.644. The van der Waals surface area contributed by atoms with Gasteiger partial charge in [-0.25, -0.2) is 0 Å². The number of ether oxygens (including phenoxy) is 1. The van der Waals surface area contributed by atoms with Crippen molar-refractivity contribution in [3.63, 3.8) is 0 Å². The Labute approximate surface area is 177 Å². The molecular formula is C23H27ClN2O3. The van der Waals surface area contributed by atoms with Crippen LogP contribution in [0.4, 0.5) is 0 Å². The number of amides is 2. The average Bonchev–Trinajstić information content (AvgIpc) is 2.99. The van der Waals surface area contributed by atoms with Crippen molar-refractivity contribution in [2.75, 3.05) is 20.2 Å². The molecule has 0 fully saturated rings. The summed E-state index contributed by atoms with van der Waals surface area (Å²) in [6.07, 6.45) is 1.90. The number of fused-ring (bicyclic) bond motifs is 1. The first kappa shape index (κ1) is 21.2. The molecule has 2 amide bonds. The van der Waals surface area contributed by atoms with Gasteiger partial charge in [-0.2, -0.15) is 0 Å². The zero-order valence-electron chi connectivity index (χ0n) is 17.1. The number of nitrogens with zero attached hydrogens (tertiary/aromatic N) is 1. The van der Waals surface area contributed by atoms with Crippen LogP contribution >= 0.6 is 11.6 Å². The van der Waals surface area contributed by atoms with Crippen LogP contribution in [0.3, 0.4) is 0 Å². The zero-order valence-corrected chi connectivity index (χ0v) is 17.8. The fraction of sp³-hybridized carbons (Fsp3) is 0.391. The van der Waals surface area contributed by atoms with Gasteiger partial charge >= 0.3 is 0 Å². The number of methoxy groups -OCH3 is 1. The Morgan fingerprint density at radius 3 is 2.62 bits per heavy atom. The molecule has 2 aromatic carbocycles. The lowest BCUT2D eigenvalue weighted by Crippen LogP contribution is -2.41. The normalized spacial score (nSPS) is 16.5. The Bertz CT molecular complexity index is 882. The van der Waals surface area contributed by atoms with Gasteiger partial charge in [0.05, 0.1) is 7.11 Å². The maximum absolute atomic E-state index is 13.2. The number of carbonyl (C=O) groups excluding carboxylic acids is 2. The lowest BCUT2D eigenvalue weighted by Gasteiger charge is -2.27. The number of unbranched alkanes of at least 4 members (excludes halogenated alkanes) is 1. The van der Waals surface area contributed by atoms with Crippen LogP contribution in [-0.4, -0.2) is 36.9 Å². The molecular weight excluding hydrogens is 388 g/mol. The van der Waals surface area contributed by atoms with Crippen molar-refractivity contribution in [1.29, 1.82) is 0 Å². The molecule has 1 N–H and O–H groups in total. The SMILES string of the molecule is CCCCNC(=O)C1c2ccc(OC)cc2C(=O)N1CC(C)c1ccc(Cl)cc1. The molecule has 0 aromatic heterocycles. The third-order valence-corrected chi connectivity index (χ3v) is 5.60. The van der Waals surface area contributed by atoms with Crippen LogP contribution in [0.15, 0.2) is 42.5 Å². The smallest absolute Gasteiger partial charge is 0.255 e. The number of halogens is 1. The summed E-state index contributed by atoms with van der Waals surface area (Å²) in [5.74, 6) is 0.377. The van der Waals surface area contributed by atoms with Crippen LogP contribution in [0.25, 0.3) is 0 Å². The largest absolute Gasteiger partial charge is 0.497 e. The monoisotopic (exact) mass is 414 g/mol. The van der Waals surface area contributed by atoms with Crippen molar-refractivity contribution < 1.29 is 14.3 Å². The Balaban J connectivity index is 1.89. The third-order valence-electron chi connectivity index (χ3n) is 5.35. The first-order valence-electron chi connectivity index (χ1n) is 9.98. The highest BCUT2D eigenvalue weighted by Gasteiger charge is 2.41. The van der Waals surface area contributed by atoms with Gasteiger partial charge in [0.25, 0.3) is 5.91 Å². The first-order valence-corrected chi connectivity index (χ1v) is 10.4. The summed E-state index contributed by atoms with van der Waals surface area (Å²) < 4.78 is 5.28. The zero-order chi connectivity index (χ0) is 21.0. The minimum Gasteiger partial charge on any atom is -0.497 e. The molecule has 1 aliphatic heterocycles. The van der Waals surface area contributed by atoms with Gasteiger partial charge in [0, 0.05) is 23.7 Å². The Kier molecular flexibility index (Phi) is 6.80. The van der Waals surface area contributed by atoms with E-state index in [1.807, 2.05) is 37.3 Å². The molecule has 1 heterocycles. The van der Waals surface area contributed by atoms with Crippen LogP contribution in [0, 0.1) is 0 Å².